The van der Waals surface area contributed by atoms with Crippen molar-refractivity contribution in [3.8, 4) is 0 Å². The first-order valence-corrected chi connectivity index (χ1v) is 10.2. The highest BCUT2D eigenvalue weighted by Crippen LogP contribution is 2.45. The Morgan fingerprint density at radius 3 is 2.31 bits per heavy atom. The number of carbonyl (C=O) groups excluding carboxylic acids is 1. The van der Waals surface area contributed by atoms with Crippen LogP contribution in [-0.2, 0) is 24.1 Å². The number of anilines is 1. The van der Waals surface area contributed by atoms with Crippen LogP contribution in [0.25, 0.3) is 0 Å². The fraction of sp³-hybridized carbons (Fsp3) is 0.304. The normalized spacial score (nSPS) is 15.0. The molecule has 1 fully saturated rings. The Morgan fingerprint density at radius 2 is 1.75 bits per heavy atom. The quantitative estimate of drug-likeness (QED) is 0.542. The second-order valence-corrected chi connectivity index (χ2v) is 7.90. The molecule has 1 unspecified atom stereocenters. The number of hydrogen-bond acceptors (Lipinski definition) is 4. The average molecular weight is 444 g/mol. The van der Waals surface area contributed by atoms with E-state index in [0.29, 0.717) is 17.9 Å². The van der Waals surface area contributed by atoms with Crippen molar-refractivity contribution in [1.82, 2.24) is 9.78 Å². The van der Waals surface area contributed by atoms with Gasteiger partial charge in [-0.25, -0.2) is 4.68 Å². The molecule has 168 valence electrons. The van der Waals surface area contributed by atoms with Crippen LogP contribution >= 0.6 is 0 Å². The monoisotopic (exact) mass is 444 g/mol. The lowest BCUT2D eigenvalue weighted by Crippen LogP contribution is -2.19. The number of nitrogen functional groups attached to an aromatic ring is 1. The van der Waals surface area contributed by atoms with E-state index in [1.54, 1.807) is 0 Å². The third-order valence-corrected chi connectivity index (χ3v) is 5.53. The highest BCUT2D eigenvalue weighted by Gasteiger charge is 2.38. The van der Waals surface area contributed by atoms with Gasteiger partial charge in [0.15, 0.2) is 0 Å². The van der Waals surface area contributed by atoms with Crippen molar-refractivity contribution >= 4 is 11.7 Å². The second kappa shape index (κ2) is 8.66. The van der Waals surface area contributed by atoms with Crippen molar-refractivity contribution in [2.75, 3.05) is 5.73 Å². The average Bonchev–Trinajstić information content (AvgIpc) is 3.53. The molecule has 1 amide bonds. The number of ether oxygens (including phenoxy) is 1. The van der Waals surface area contributed by atoms with Crippen molar-refractivity contribution in [2.45, 2.75) is 38.3 Å². The lowest BCUT2D eigenvalue weighted by molar-refractivity contribution is -0.137. The third-order valence-electron chi connectivity index (χ3n) is 5.53. The summed E-state index contributed by atoms with van der Waals surface area (Å²) in [5.74, 6) is -0.477. The van der Waals surface area contributed by atoms with Gasteiger partial charge in [-0.2, -0.15) is 18.3 Å². The molecular formula is C23H23F3N4O2. The zero-order valence-electron chi connectivity index (χ0n) is 17.2. The van der Waals surface area contributed by atoms with Gasteiger partial charge < -0.3 is 16.2 Å². The van der Waals surface area contributed by atoms with Crippen LogP contribution in [0, 0.1) is 5.92 Å². The molecule has 6 nitrogen and oxygen atoms in total. The smallest absolute Gasteiger partial charge is 0.383 e. The SMILES string of the molecule is NC(=O)c1c(COCc2ccccc2)nn(C(c2ccc(C(F)(F)F)cc2)C2CC2)c1N. The van der Waals surface area contributed by atoms with Crippen molar-refractivity contribution in [1.29, 1.82) is 0 Å². The molecule has 1 aliphatic rings. The van der Waals surface area contributed by atoms with Gasteiger partial charge in [-0.05, 0) is 42.0 Å². The van der Waals surface area contributed by atoms with Crippen molar-refractivity contribution in [3.63, 3.8) is 0 Å². The van der Waals surface area contributed by atoms with E-state index in [2.05, 4.69) is 5.10 Å². The van der Waals surface area contributed by atoms with E-state index >= 15 is 0 Å². The maximum absolute atomic E-state index is 13.0. The van der Waals surface area contributed by atoms with E-state index < -0.39 is 23.7 Å². The van der Waals surface area contributed by atoms with Crippen LogP contribution in [0.1, 0.15) is 51.6 Å². The molecule has 0 aliphatic heterocycles. The Hall–Kier alpha value is -3.33. The van der Waals surface area contributed by atoms with Gasteiger partial charge in [0, 0.05) is 0 Å². The van der Waals surface area contributed by atoms with Crippen molar-refractivity contribution in [2.24, 2.45) is 11.7 Å². The van der Waals surface area contributed by atoms with E-state index in [0.717, 1.165) is 30.5 Å². The van der Waals surface area contributed by atoms with E-state index in [9.17, 15) is 18.0 Å². The molecule has 4 rings (SSSR count). The van der Waals surface area contributed by atoms with Crippen LogP contribution in [0.2, 0.25) is 0 Å². The minimum atomic E-state index is -4.42. The number of carbonyl (C=O) groups is 1. The minimum Gasteiger partial charge on any atom is -0.383 e. The molecule has 1 saturated carbocycles. The van der Waals surface area contributed by atoms with E-state index in [4.69, 9.17) is 16.2 Å². The molecule has 0 radical (unpaired) electrons. The Kier molecular flexibility index (Phi) is 5.92. The largest absolute Gasteiger partial charge is 0.416 e. The highest BCUT2D eigenvalue weighted by molar-refractivity contribution is 5.98. The lowest BCUT2D eigenvalue weighted by Gasteiger charge is -2.20. The summed E-state index contributed by atoms with van der Waals surface area (Å²) >= 11 is 0. The van der Waals surface area contributed by atoms with Crippen LogP contribution in [0.5, 0.6) is 0 Å². The van der Waals surface area contributed by atoms with Crippen LogP contribution < -0.4 is 11.5 Å². The lowest BCUT2D eigenvalue weighted by atomic mass is 10.0. The molecule has 0 spiro atoms. The summed E-state index contributed by atoms with van der Waals surface area (Å²) < 4.78 is 46.1. The van der Waals surface area contributed by atoms with Gasteiger partial charge in [0.1, 0.15) is 17.1 Å². The maximum atomic E-state index is 13.0. The van der Waals surface area contributed by atoms with E-state index in [1.165, 1.54) is 16.8 Å². The van der Waals surface area contributed by atoms with Gasteiger partial charge in [-0.1, -0.05) is 42.5 Å². The number of aromatic nitrogens is 2. The summed E-state index contributed by atoms with van der Waals surface area (Å²) in [6.07, 6.45) is -2.64. The minimum absolute atomic E-state index is 0.0226. The van der Waals surface area contributed by atoms with Gasteiger partial charge in [-0.15, -0.1) is 0 Å². The predicted molar refractivity (Wildman–Crippen MR) is 112 cm³/mol. The molecule has 1 aliphatic carbocycles. The van der Waals surface area contributed by atoms with Crippen molar-refractivity contribution in [3.05, 3.63) is 82.5 Å². The zero-order chi connectivity index (χ0) is 22.9. The van der Waals surface area contributed by atoms with Crippen LogP contribution in [0.15, 0.2) is 54.6 Å². The van der Waals surface area contributed by atoms with Crippen molar-refractivity contribution < 1.29 is 22.7 Å². The van der Waals surface area contributed by atoms with Gasteiger partial charge >= 0.3 is 6.18 Å². The summed E-state index contributed by atoms with van der Waals surface area (Å²) in [5, 5.41) is 4.51. The molecule has 3 aromatic rings. The Morgan fingerprint density at radius 1 is 1.09 bits per heavy atom. The van der Waals surface area contributed by atoms with Gasteiger partial charge in [0.05, 0.1) is 24.8 Å². The molecule has 0 bridgehead atoms. The highest BCUT2D eigenvalue weighted by atomic mass is 19.4. The number of primary amides is 1. The first kappa shape index (κ1) is 21.9. The summed E-state index contributed by atoms with van der Waals surface area (Å²) in [4.78, 5) is 12.1. The van der Waals surface area contributed by atoms with Crippen LogP contribution in [0.3, 0.4) is 0 Å². The van der Waals surface area contributed by atoms with Gasteiger partial charge in [-0.3, -0.25) is 4.79 Å². The first-order chi connectivity index (χ1) is 15.3. The molecule has 9 heteroatoms. The Bertz CT molecular complexity index is 1090. The predicted octanol–water partition coefficient (Wildman–Crippen LogP) is 4.30. The van der Waals surface area contributed by atoms with Crippen LogP contribution in [-0.4, -0.2) is 15.7 Å². The summed E-state index contributed by atoms with van der Waals surface area (Å²) in [6, 6.07) is 14.1. The molecule has 32 heavy (non-hydrogen) atoms. The number of nitrogens with zero attached hydrogens (tertiary/aromatic N) is 2. The number of nitrogens with two attached hydrogens (primary N) is 2. The summed E-state index contributed by atoms with van der Waals surface area (Å²) in [6.45, 7) is 0.339. The topological polar surface area (TPSA) is 96.2 Å². The number of halogens is 3. The fourth-order valence-electron chi connectivity index (χ4n) is 3.81. The zero-order valence-corrected chi connectivity index (χ0v) is 17.2. The molecule has 2 aromatic carbocycles. The second-order valence-electron chi connectivity index (χ2n) is 7.90. The Balaban J connectivity index is 1.62. The summed E-state index contributed by atoms with van der Waals surface area (Å²) in [5.41, 5.74) is 13.1. The summed E-state index contributed by atoms with van der Waals surface area (Å²) in [7, 11) is 0. The van der Waals surface area contributed by atoms with Crippen LogP contribution in [0.4, 0.5) is 19.0 Å². The molecule has 1 atom stereocenters. The maximum Gasteiger partial charge on any atom is 0.416 e. The number of hydrogen-bond donors (Lipinski definition) is 2. The standard InChI is InChI=1S/C23H23F3N4O2/c24-23(25,26)17-10-8-16(9-11-17)20(15-6-7-15)30-21(27)19(22(28)31)18(29-30)13-32-12-14-4-2-1-3-5-14/h1-5,8-11,15,20H,6-7,12-13,27H2,(H2,28,31). The first-order valence-electron chi connectivity index (χ1n) is 10.2. The molecular weight excluding hydrogens is 421 g/mol. The molecule has 0 saturated heterocycles. The third kappa shape index (κ3) is 4.62. The number of rotatable bonds is 8. The van der Waals surface area contributed by atoms with Gasteiger partial charge in [0.2, 0.25) is 0 Å². The van der Waals surface area contributed by atoms with E-state index in [1.807, 2.05) is 30.3 Å². The number of benzene rings is 2. The Labute approximate surface area is 183 Å². The molecule has 1 aromatic heterocycles. The number of alkyl halides is 3. The number of amides is 1. The fourth-order valence-corrected chi connectivity index (χ4v) is 3.81. The molecule has 1 heterocycles. The van der Waals surface area contributed by atoms with E-state index in [-0.39, 0.29) is 23.9 Å². The van der Waals surface area contributed by atoms with Gasteiger partial charge in [0.25, 0.3) is 5.91 Å². The molecule has 4 N–H and O–H groups in total.